The third-order valence-corrected chi connectivity index (χ3v) is 3.24. The second kappa shape index (κ2) is 5.05. The Hall–Kier alpha value is -2.09. The zero-order chi connectivity index (χ0) is 13.1. The van der Waals surface area contributed by atoms with Gasteiger partial charge in [0, 0.05) is 6.20 Å². The van der Waals surface area contributed by atoms with E-state index < -0.39 is 17.2 Å². The Morgan fingerprint density at radius 3 is 2.94 bits per heavy atom. The summed E-state index contributed by atoms with van der Waals surface area (Å²) in [5, 5.41) is 10.0. The number of thioether (sulfide) groups is 1. The number of nitrogens with one attached hydrogen (secondary N) is 1. The van der Waals surface area contributed by atoms with Crippen LogP contribution in [0.4, 0.5) is 4.79 Å². The number of pyridine rings is 1. The summed E-state index contributed by atoms with van der Waals surface area (Å²) < 4.78 is 1.76. The molecule has 3 amide bonds. The Morgan fingerprint density at radius 2 is 2.22 bits per heavy atom. The fourth-order valence-corrected chi connectivity index (χ4v) is 2.17. The average Bonchev–Trinajstić information content (AvgIpc) is 2.72. The van der Waals surface area contributed by atoms with Crippen LogP contribution in [-0.2, 0) is 4.79 Å². The van der Waals surface area contributed by atoms with E-state index in [1.165, 1.54) is 11.8 Å². The van der Waals surface area contributed by atoms with Crippen LogP contribution in [0.25, 0.3) is 5.65 Å². The largest absolute Gasteiger partial charge is 0.351 e. The molecule has 18 heavy (non-hydrogen) atoms. The lowest BCUT2D eigenvalue weighted by Crippen LogP contribution is -2.39. The van der Waals surface area contributed by atoms with E-state index in [0.29, 0.717) is 10.8 Å². The summed E-state index contributed by atoms with van der Waals surface area (Å²) in [7, 11) is 0. The summed E-state index contributed by atoms with van der Waals surface area (Å²) in [6, 6.07) is 4.64. The fraction of sp³-hybridized carbons (Fsp3) is 0.200. The summed E-state index contributed by atoms with van der Waals surface area (Å²) in [4.78, 5) is 22.1. The highest BCUT2D eigenvalue weighted by atomic mass is 32.2. The molecular formula is C10H11N5O2S. The van der Waals surface area contributed by atoms with Crippen LogP contribution in [0.15, 0.2) is 29.6 Å². The number of carbonyl (C=O) groups is 2. The SMILES string of the molecule is CC(Sc1nnc2ccccn12)C(=O)NC(N)=O. The minimum atomic E-state index is -0.862. The Balaban J connectivity index is 2.14. The van der Waals surface area contributed by atoms with Crippen LogP contribution in [0.3, 0.4) is 0 Å². The normalized spacial score (nSPS) is 12.3. The number of rotatable bonds is 3. The molecule has 8 heteroatoms. The quantitative estimate of drug-likeness (QED) is 0.782. The Labute approximate surface area is 107 Å². The van der Waals surface area contributed by atoms with Crippen molar-refractivity contribution in [2.24, 2.45) is 5.73 Å². The maximum Gasteiger partial charge on any atom is 0.318 e. The zero-order valence-corrected chi connectivity index (χ0v) is 10.3. The first-order chi connectivity index (χ1) is 8.58. The monoisotopic (exact) mass is 265 g/mol. The van der Waals surface area contributed by atoms with Gasteiger partial charge in [0.05, 0.1) is 5.25 Å². The second-order valence-electron chi connectivity index (χ2n) is 3.52. The number of nitrogens with zero attached hydrogens (tertiary/aromatic N) is 3. The van der Waals surface area contributed by atoms with Crippen molar-refractivity contribution in [3.05, 3.63) is 24.4 Å². The lowest BCUT2D eigenvalue weighted by atomic mass is 10.4. The van der Waals surface area contributed by atoms with Gasteiger partial charge in [0.1, 0.15) is 0 Å². The fourth-order valence-electron chi connectivity index (χ4n) is 1.33. The number of urea groups is 1. The van der Waals surface area contributed by atoms with Gasteiger partial charge in [0.15, 0.2) is 10.8 Å². The number of carbonyl (C=O) groups excluding carboxylic acids is 2. The average molecular weight is 265 g/mol. The van der Waals surface area contributed by atoms with Crippen LogP contribution in [0.2, 0.25) is 0 Å². The van der Waals surface area contributed by atoms with Gasteiger partial charge in [0.2, 0.25) is 5.91 Å². The highest BCUT2D eigenvalue weighted by molar-refractivity contribution is 8.00. The molecule has 1 atom stereocenters. The summed E-state index contributed by atoms with van der Waals surface area (Å²) >= 11 is 1.20. The highest BCUT2D eigenvalue weighted by Gasteiger charge is 2.18. The van der Waals surface area contributed by atoms with Gasteiger partial charge in [-0.25, -0.2) is 4.79 Å². The molecule has 0 fully saturated rings. The number of imide groups is 1. The number of aromatic nitrogens is 3. The van der Waals surface area contributed by atoms with Gasteiger partial charge < -0.3 is 5.73 Å². The molecule has 2 aromatic rings. The highest BCUT2D eigenvalue weighted by Crippen LogP contribution is 2.21. The van der Waals surface area contributed by atoms with Gasteiger partial charge in [0.25, 0.3) is 0 Å². The van der Waals surface area contributed by atoms with E-state index in [1.807, 2.05) is 23.5 Å². The first kappa shape index (κ1) is 12.4. The number of amides is 3. The maximum atomic E-state index is 11.5. The van der Waals surface area contributed by atoms with E-state index in [4.69, 9.17) is 5.73 Å². The first-order valence-corrected chi connectivity index (χ1v) is 6.02. The molecule has 0 saturated heterocycles. The number of primary amides is 1. The number of nitrogens with two attached hydrogens (primary N) is 1. The molecule has 0 radical (unpaired) electrons. The van der Waals surface area contributed by atoms with Gasteiger partial charge in [-0.2, -0.15) is 0 Å². The van der Waals surface area contributed by atoms with Gasteiger partial charge in [-0.05, 0) is 19.1 Å². The van der Waals surface area contributed by atoms with E-state index in [-0.39, 0.29) is 0 Å². The minimum Gasteiger partial charge on any atom is -0.351 e. The van der Waals surface area contributed by atoms with Crippen molar-refractivity contribution in [2.45, 2.75) is 17.3 Å². The lowest BCUT2D eigenvalue weighted by Gasteiger charge is -2.08. The van der Waals surface area contributed by atoms with Crippen LogP contribution in [0, 0.1) is 0 Å². The molecule has 0 spiro atoms. The molecule has 0 aliphatic rings. The zero-order valence-electron chi connectivity index (χ0n) is 9.53. The summed E-state index contributed by atoms with van der Waals surface area (Å²) in [5.74, 6) is -0.458. The third-order valence-electron chi connectivity index (χ3n) is 2.18. The molecule has 7 nitrogen and oxygen atoms in total. The van der Waals surface area contributed by atoms with Crippen LogP contribution in [-0.4, -0.2) is 31.8 Å². The molecule has 1 unspecified atom stereocenters. The molecule has 3 N–H and O–H groups in total. The topological polar surface area (TPSA) is 102 Å². The van der Waals surface area contributed by atoms with Crippen molar-refractivity contribution in [3.8, 4) is 0 Å². The van der Waals surface area contributed by atoms with Crippen molar-refractivity contribution in [3.63, 3.8) is 0 Å². The summed E-state index contributed by atoms with van der Waals surface area (Å²) in [6.45, 7) is 1.66. The molecule has 0 aliphatic heterocycles. The summed E-state index contributed by atoms with van der Waals surface area (Å²) in [6.07, 6.45) is 1.80. The van der Waals surface area contributed by atoms with Crippen LogP contribution in [0.5, 0.6) is 0 Å². The molecule has 94 valence electrons. The predicted molar refractivity (Wildman–Crippen MR) is 66.0 cm³/mol. The molecule has 2 heterocycles. The Bertz CT molecular complexity index is 597. The third kappa shape index (κ3) is 2.59. The van der Waals surface area contributed by atoms with Crippen LogP contribution < -0.4 is 11.1 Å². The minimum absolute atomic E-state index is 0.458. The smallest absolute Gasteiger partial charge is 0.318 e. The molecule has 2 rings (SSSR count). The number of hydrogen-bond acceptors (Lipinski definition) is 5. The van der Waals surface area contributed by atoms with Gasteiger partial charge in [-0.3, -0.25) is 14.5 Å². The molecule has 0 saturated carbocycles. The Morgan fingerprint density at radius 1 is 1.44 bits per heavy atom. The van der Waals surface area contributed by atoms with Crippen molar-refractivity contribution >= 4 is 29.3 Å². The van der Waals surface area contributed by atoms with Crippen molar-refractivity contribution in [1.29, 1.82) is 0 Å². The van der Waals surface area contributed by atoms with Gasteiger partial charge >= 0.3 is 6.03 Å². The second-order valence-corrected chi connectivity index (χ2v) is 4.83. The standard InChI is InChI=1S/C10H11N5O2S/c1-6(8(16)12-9(11)17)18-10-14-13-7-4-2-3-5-15(7)10/h2-6H,1H3,(H3,11,12,16,17). The van der Waals surface area contributed by atoms with Crippen molar-refractivity contribution in [2.75, 3.05) is 0 Å². The van der Waals surface area contributed by atoms with Crippen molar-refractivity contribution < 1.29 is 9.59 Å². The maximum absolute atomic E-state index is 11.5. The van der Waals surface area contributed by atoms with E-state index in [2.05, 4.69) is 10.2 Å². The first-order valence-electron chi connectivity index (χ1n) is 5.14. The molecule has 0 bridgehead atoms. The molecule has 2 aromatic heterocycles. The number of hydrogen-bond donors (Lipinski definition) is 2. The molecule has 0 aromatic carbocycles. The Kier molecular flexibility index (Phi) is 3.47. The van der Waals surface area contributed by atoms with E-state index >= 15 is 0 Å². The predicted octanol–water partition coefficient (Wildman–Crippen LogP) is 0.405. The van der Waals surface area contributed by atoms with Crippen molar-refractivity contribution in [1.82, 2.24) is 19.9 Å². The van der Waals surface area contributed by atoms with E-state index in [1.54, 1.807) is 17.5 Å². The van der Waals surface area contributed by atoms with E-state index in [9.17, 15) is 9.59 Å². The van der Waals surface area contributed by atoms with Crippen LogP contribution >= 0.6 is 11.8 Å². The summed E-state index contributed by atoms with van der Waals surface area (Å²) in [5.41, 5.74) is 5.58. The van der Waals surface area contributed by atoms with Gasteiger partial charge in [-0.15, -0.1) is 10.2 Å². The number of fused-ring (bicyclic) bond motifs is 1. The van der Waals surface area contributed by atoms with Crippen LogP contribution in [0.1, 0.15) is 6.92 Å². The van der Waals surface area contributed by atoms with E-state index in [0.717, 1.165) is 0 Å². The van der Waals surface area contributed by atoms with Gasteiger partial charge in [-0.1, -0.05) is 17.8 Å². The molecular weight excluding hydrogens is 254 g/mol. The lowest BCUT2D eigenvalue weighted by molar-refractivity contribution is -0.119. The molecule has 0 aliphatic carbocycles.